The van der Waals surface area contributed by atoms with Crippen LogP contribution in [0.5, 0.6) is 11.5 Å². The maximum Gasteiger partial charge on any atom is 0.262 e. The molecule has 3 rings (SSSR count). The summed E-state index contributed by atoms with van der Waals surface area (Å²) in [4.78, 5) is 18.1. The maximum absolute atomic E-state index is 12.8. The summed E-state index contributed by atoms with van der Waals surface area (Å²) >= 11 is 0. The minimum absolute atomic E-state index is 0.112. The molecule has 0 saturated heterocycles. The van der Waals surface area contributed by atoms with Crippen LogP contribution in [0.3, 0.4) is 0 Å². The van der Waals surface area contributed by atoms with Crippen molar-refractivity contribution in [1.82, 2.24) is 4.89 Å². The number of sulfonamides is 1. The van der Waals surface area contributed by atoms with Crippen molar-refractivity contribution < 1.29 is 31.9 Å². The molecule has 1 heterocycles. The van der Waals surface area contributed by atoms with E-state index in [4.69, 9.17) is 14.3 Å². The van der Waals surface area contributed by atoms with Crippen molar-refractivity contribution in [3.05, 3.63) is 48.3 Å². The van der Waals surface area contributed by atoms with Crippen molar-refractivity contribution in [1.29, 1.82) is 0 Å². The third kappa shape index (κ3) is 4.24. The van der Waals surface area contributed by atoms with Gasteiger partial charge in [-0.1, -0.05) is 4.89 Å². The summed E-state index contributed by atoms with van der Waals surface area (Å²) in [6.07, 6.45) is 0. The van der Waals surface area contributed by atoms with Crippen LogP contribution in [-0.4, -0.2) is 27.7 Å². The fraction of sp³-hybridized carbons (Fsp3) is 0.133. The van der Waals surface area contributed by atoms with Crippen molar-refractivity contribution >= 4 is 21.6 Å². The summed E-state index contributed by atoms with van der Waals surface area (Å²) in [5, 5.41) is 2.52. The van der Waals surface area contributed by atoms with E-state index in [1.165, 1.54) is 0 Å². The van der Waals surface area contributed by atoms with Crippen LogP contribution in [0, 0.1) is 5.82 Å². The molecule has 2 aromatic carbocycles. The number of rotatable bonds is 6. The molecule has 1 aliphatic heterocycles. The van der Waals surface area contributed by atoms with Gasteiger partial charge in [0.15, 0.2) is 11.5 Å². The van der Waals surface area contributed by atoms with Crippen molar-refractivity contribution in [2.75, 3.05) is 18.7 Å². The molecule has 1 amide bonds. The van der Waals surface area contributed by atoms with Gasteiger partial charge in [-0.25, -0.2) is 12.8 Å². The Morgan fingerprint density at radius 1 is 1.12 bits per heavy atom. The monoisotopic (exact) mass is 368 g/mol. The number of ether oxygens (including phenoxy) is 2. The van der Waals surface area contributed by atoms with E-state index in [1.807, 2.05) is 0 Å². The van der Waals surface area contributed by atoms with Gasteiger partial charge >= 0.3 is 0 Å². The van der Waals surface area contributed by atoms with E-state index in [-0.39, 0.29) is 11.7 Å². The molecule has 0 unspecified atom stereocenters. The molecule has 0 spiro atoms. The van der Waals surface area contributed by atoms with Gasteiger partial charge in [0.05, 0.1) is 4.90 Å². The fourth-order valence-corrected chi connectivity index (χ4v) is 2.81. The van der Waals surface area contributed by atoms with Crippen molar-refractivity contribution in [2.24, 2.45) is 0 Å². The zero-order valence-electron chi connectivity index (χ0n) is 12.7. The summed E-state index contributed by atoms with van der Waals surface area (Å²) in [5.74, 6) is -0.0827. The number of halogens is 1. The van der Waals surface area contributed by atoms with Gasteiger partial charge in [0, 0.05) is 11.8 Å². The van der Waals surface area contributed by atoms with Crippen LogP contribution in [0.2, 0.25) is 0 Å². The van der Waals surface area contributed by atoms with Gasteiger partial charge in [-0.2, -0.15) is 0 Å². The van der Waals surface area contributed by atoms with Crippen LogP contribution in [0.4, 0.5) is 10.1 Å². The highest BCUT2D eigenvalue weighted by Gasteiger charge is 2.16. The number of amides is 1. The standard InChI is InChI=1S/C15H13FN2O6S/c16-10-1-4-12(5-2-10)25(20,21)18-24-8-15(19)17-11-3-6-13-14(7-11)23-9-22-13/h1-7,18H,8-9H2,(H,17,19). The predicted molar refractivity (Wildman–Crippen MR) is 83.9 cm³/mol. The molecule has 2 N–H and O–H groups in total. The third-order valence-electron chi connectivity index (χ3n) is 3.15. The first-order chi connectivity index (χ1) is 11.9. The molecule has 0 radical (unpaired) electrons. The molecule has 0 saturated carbocycles. The quantitative estimate of drug-likeness (QED) is 0.747. The lowest BCUT2D eigenvalue weighted by atomic mass is 10.3. The molecule has 0 bridgehead atoms. The molecule has 132 valence electrons. The van der Waals surface area contributed by atoms with Crippen LogP contribution >= 0.6 is 0 Å². The van der Waals surface area contributed by atoms with Gasteiger partial charge in [0.25, 0.3) is 15.9 Å². The van der Waals surface area contributed by atoms with Gasteiger partial charge in [0.1, 0.15) is 12.4 Å². The third-order valence-corrected chi connectivity index (χ3v) is 4.38. The Hall–Kier alpha value is -2.69. The average Bonchev–Trinajstić information content (AvgIpc) is 3.02. The second kappa shape index (κ2) is 7.05. The Morgan fingerprint density at radius 2 is 1.84 bits per heavy atom. The highest BCUT2D eigenvalue weighted by Crippen LogP contribution is 2.34. The molecular weight excluding hydrogens is 355 g/mol. The molecular formula is C15H13FN2O6S. The molecule has 10 heteroatoms. The summed E-state index contributed by atoms with van der Waals surface area (Å²) < 4.78 is 46.9. The first-order valence-electron chi connectivity index (χ1n) is 7.03. The van der Waals surface area contributed by atoms with E-state index in [0.717, 1.165) is 24.3 Å². The number of hydrogen-bond acceptors (Lipinski definition) is 6. The van der Waals surface area contributed by atoms with Crippen molar-refractivity contribution in [2.45, 2.75) is 4.90 Å². The van der Waals surface area contributed by atoms with Gasteiger partial charge in [-0.3, -0.25) is 9.63 Å². The van der Waals surface area contributed by atoms with E-state index < -0.39 is 28.4 Å². The topological polar surface area (TPSA) is 103 Å². The Labute approximate surface area is 142 Å². The number of anilines is 1. The van der Waals surface area contributed by atoms with E-state index >= 15 is 0 Å². The lowest BCUT2D eigenvalue weighted by Crippen LogP contribution is -2.29. The van der Waals surface area contributed by atoms with Gasteiger partial charge in [-0.15, -0.1) is 0 Å². The van der Waals surface area contributed by atoms with Crippen molar-refractivity contribution in [3.8, 4) is 11.5 Å². The molecule has 8 nitrogen and oxygen atoms in total. The number of carbonyl (C=O) groups is 1. The lowest BCUT2D eigenvalue weighted by molar-refractivity contribution is -0.121. The summed E-state index contributed by atoms with van der Waals surface area (Å²) in [6, 6.07) is 8.97. The SMILES string of the molecule is O=C(CONS(=O)(=O)c1ccc(F)cc1)Nc1ccc2c(c1)OCO2. The van der Waals surface area contributed by atoms with Crippen LogP contribution in [0.25, 0.3) is 0 Å². The molecule has 0 aromatic heterocycles. The second-order valence-electron chi connectivity index (χ2n) is 4.95. The van der Waals surface area contributed by atoms with Crippen molar-refractivity contribution in [3.63, 3.8) is 0 Å². The largest absolute Gasteiger partial charge is 0.454 e. The Morgan fingerprint density at radius 3 is 2.60 bits per heavy atom. The number of fused-ring (bicyclic) bond motifs is 1. The minimum atomic E-state index is -4.01. The summed E-state index contributed by atoms with van der Waals surface area (Å²) in [6.45, 7) is -0.449. The Balaban J connectivity index is 1.51. The van der Waals surface area contributed by atoms with E-state index in [1.54, 1.807) is 23.1 Å². The van der Waals surface area contributed by atoms with Gasteiger partial charge in [-0.05, 0) is 36.4 Å². The smallest absolute Gasteiger partial charge is 0.262 e. The normalized spacial score (nSPS) is 12.8. The zero-order valence-corrected chi connectivity index (χ0v) is 13.5. The fourth-order valence-electron chi connectivity index (χ4n) is 2.01. The molecule has 2 aromatic rings. The van der Waals surface area contributed by atoms with Gasteiger partial charge in [0.2, 0.25) is 6.79 Å². The number of hydrogen-bond donors (Lipinski definition) is 2. The van der Waals surface area contributed by atoms with E-state index in [0.29, 0.717) is 17.2 Å². The number of nitrogens with one attached hydrogen (secondary N) is 2. The highest BCUT2D eigenvalue weighted by atomic mass is 32.2. The summed E-state index contributed by atoms with van der Waals surface area (Å²) in [5.41, 5.74) is 0.444. The molecule has 1 aliphatic rings. The number of carbonyl (C=O) groups excluding carboxylic acids is 1. The number of benzene rings is 2. The molecule has 0 aliphatic carbocycles. The first kappa shape index (κ1) is 17.1. The Bertz CT molecular complexity index is 885. The van der Waals surface area contributed by atoms with E-state index in [9.17, 15) is 17.6 Å². The van der Waals surface area contributed by atoms with Crippen LogP contribution in [0.15, 0.2) is 47.4 Å². The summed E-state index contributed by atoms with van der Waals surface area (Å²) in [7, 11) is -4.01. The molecule has 0 atom stereocenters. The Kier molecular flexibility index (Phi) is 4.83. The average molecular weight is 368 g/mol. The molecule has 0 fully saturated rings. The van der Waals surface area contributed by atoms with Crippen LogP contribution < -0.4 is 19.7 Å². The lowest BCUT2D eigenvalue weighted by Gasteiger charge is -2.08. The van der Waals surface area contributed by atoms with Gasteiger partial charge < -0.3 is 14.8 Å². The van der Waals surface area contributed by atoms with Crippen LogP contribution in [-0.2, 0) is 19.7 Å². The zero-order chi connectivity index (χ0) is 17.9. The first-order valence-corrected chi connectivity index (χ1v) is 8.51. The van der Waals surface area contributed by atoms with Crippen LogP contribution in [0.1, 0.15) is 0 Å². The van der Waals surface area contributed by atoms with E-state index in [2.05, 4.69) is 5.32 Å². The second-order valence-corrected chi connectivity index (χ2v) is 6.59. The minimum Gasteiger partial charge on any atom is -0.454 e. The maximum atomic E-state index is 12.8. The predicted octanol–water partition coefficient (Wildman–Crippen LogP) is 1.40. The molecule has 25 heavy (non-hydrogen) atoms. The highest BCUT2D eigenvalue weighted by molar-refractivity contribution is 7.89.